The van der Waals surface area contributed by atoms with E-state index in [0.717, 1.165) is 6.54 Å². The van der Waals surface area contributed by atoms with Gasteiger partial charge in [-0.3, -0.25) is 0 Å². The van der Waals surface area contributed by atoms with Gasteiger partial charge in [0.25, 0.3) is 0 Å². The molecule has 3 rings (SSSR count). The number of benzene rings is 1. The van der Waals surface area contributed by atoms with Gasteiger partial charge in [0, 0.05) is 12.1 Å². The topological polar surface area (TPSA) is 12.0 Å². The smallest absolute Gasteiger partial charge is 0.0239 e. The van der Waals surface area contributed by atoms with E-state index in [-0.39, 0.29) is 0 Å². The van der Waals surface area contributed by atoms with Crippen molar-refractivity contribution in [2.24, 2.45) is 5.41 Å². The summed E-state index contributed by atoms with van der Waals surface area (Å²) in [5, 5.41) is 3.79. The van der Waals surface area contributed by atoms with Crippen LogP contribution in [0.4, 0.5) is 0 Å². The van der Waals surface area contributed by atoms with Gasteiger partial charge in [-0.2, -0.15) is 0 Å². The molecule has 15 heavy (non-hydrogen) atoms. The Hall–Kier alpha value is -0.820. The number of rotatable bonds is 4. The lowest BCUT2D eigenvalue weighted by Crippen LogP contribution is -2.38. The third kappa shape index (κ3) is 1.59. The third-order valence-corrected chi connectivity index (χ3v) is 4.38. The molecule has 1 aromatic rings. The zero-order chi connectivity index (χ0) is 10.4. The summed E-state index contributed by atoms with van der Waals surface area (Å²) >= 11 is 0. The molecule has 0 heterocycles. The normalized spacial score (nSPS) is 24.9. The van der Waals surface area contributed by atoms with Crippen molar-refractivity contribution < 1.29 is 0 Å². The van der Waals surface area contributed by atoms with Gasteiger partial charge in [0.2, 0.25) is 0 Å². The standard InChI is InChI=1S/C14H19N/c1-13(7-8-13)14(9-10-14)15-11-12-5-3-2-4-6-12/h2-6,15H,7-11H2,1H3. The molecule has 0 aromatic heterocycles. The van der Waals surface area contributed by atoms with Crippen LogP contribution in [-0.4, -0.2) is 5.54 Å². The predicted molar refractivity (Wildman–Crippen MR) is 62.6 cm³/mol. The molecule has 0 amide bonds. The van der Waals surface area contributed by atoms with E-state index in [4.69, 9.17) is 0 Å². The van der Waals surface area contributed by atoms with Crippen LogP contribution < -0.4 is 5.32 Å². The lowest BCUT2D eigenvalue weighted by Gasteiger charge is -2.24. The molecule has 0 bridgehead atoms. The number of nitrogens with one attached hydrogen (secondary N) is 1. The van der Waals surface area contributed by atoms with Crippen molar-refractivity contribution in [1.82, 2.24) is 5.32 Å². The molecule has 80 valence electrons. The summed E-state index contributed by atoms with van der Waals surface area (Å²) in [4.78, 5) is 0. The average Bonchev–Trinajstić information content (AvgIpc) is 3.14. The highest BCUT2D eigenvalue weighted by molar-refractivity contribution is 5.21. The van der Waals surface area contributed by atoms with Crippen LogP contribution >= 0.6 is 0 Å². The van der Waals surface area contributed by atoms with Gasteiger partial charge in [0.15, 0.2) is 0 Å². The van der Waals surface area contributed by atoms with Crippen LogP contribution in [-0.2, 0) is 6.54 Å². The lowest BCUT2D eigenvalue weighted by atomic mass is 9.96. The van der Waals surface area contributed by atoms with Gasteiger partial charge in [-0.05, 0) is 36.7 Å². The maximum Gasteiger partial charge on any atom is 0.0239 e. The highest BCUT2D eigenvalue weighted by atomic mass is 15.1. The van der Waals surface area contributed by atoms with Crippen molar-refractivity contribution in [3.05, 3.63) is 35.9 Å². The van der Waals surface area contributed by atoms with Crippen molar-refractivity contribution >= 4 is 0 Å². The van der Waals surface area contributed by atoms with Gasteiger partial charge >= 0.3 is 0 Å². The molecular formula is C14H19N. The predicted octanol–water partition coefficient (Wildman–Crippen LogP) is 3.11. The monoisotopic (exact) mass is 201 g/mol. The summed E-state index contributed by atoms with van der Waals surface area (Å²) in [6.07, 6.45) is 5.62. The molecule has 2 fully saturated rings. The molecule has 2 aliphatic carbocycles. The molecule has 0 spiro atoms. The van der Waals surface area contributed by atoms with E-state index < -0.39 is 0 Å². The van der Waals surface area contributed by atoms with Crippen molar-refractivity contribution in [2.45, 2.75) is 44.7 Å². The van der Waals surface area contributed by atoms with Gasteiger partial charge < -0.3 is 5.32 Å². The Morgan fingerprint density at radius 2 is 1.73 bits per heavy atom. The largest absolute Gasteiger partial charge is 0.307 e. The summed E-state index contributed by atoms with van der Waals surface area (Å²) in [7, 11) is 0. The minimum absolute atomic E-state index is 0.503. The molecule has 0 aliphatic heterocycles. The summed E-state index contributed by atoms with van der Waals surface area (Å²) in [6.45, 7) is 3.48. The fourth-order valence-electron chi connectivity index (χ4n) is 2.65. The fraction of sp³-hybridized carbons (Fsp3) is 0.571. The molecule has 1 N–H and O–H groups in total. The number of hydrogen-bond donors (Lipinski definition) is 1. The maximum atomic E-state index is 3.79. The first-order chi connectivity index (χ1) is 7.24. The summed E-state index contributed by atoms with van der Waals surface area (Å²) < 4.78 is 0. The Morgan fingerprint density at radius 1 is 1.07 bits per heavy atom. The van der Waals surface area contributed by atoms with Crippen LogP contribution in [0.5, 0.6) is 0 Å². The van der Waals surface area contributed by atoms with E-state index in [2.05, 4.69) is 42.6 Å². The van der Waals surface area contributed by atoms with E-state index in [1.54, 1.807) is 0 Å². The minimum atomic E-state index is 0.503. The molecule has 0 radical (unpaired) electrons. The van der Waals surface area contributed by atoms with Crippen LogP contribution in [0.1, 0.15) is 38.2 Å². The maximum absolute atomic E-state index is 3.79. The Morgan fingerprint density at radius 3 is 2.27 bits per heavy atom. The average molecular weight is 201 g/mol. The van der Waals surface area contributed by atoms with E-state index in [1.807, 2.05) is 0 Å². The molecule has 0 saturated heterocycles. The molecule has 2 aliphatic rings. The van der Waals surface area contributed by atoms with Crippen molar-refractivity contribution in [2.75, 3.05) is 0 Å². The zero-order valence-electron chi connectivity index (χ0n) is 9.42. The van der Waals surface area contributed by atoms with E-state index in [1.165, 1.54) is 31.2 Å². The van der Waals surface area contributed by atoms with Crippen LogP contribution in [0.15, 0.2) is 30.3 Å². The first-order valence-electron chi connectivity index (χ1n) is 6.03. The summed E-state index contributed by atoms with van der Waals surface area (Å²) in [6, 6.07) is 10.7. The fourth-order valence-corrected chi connectivity index (χ4v) is 2.65. The minimum Gasteiger partial charge on any atom is -0.307 e. The van der Waals surface area contributed by atoms with Crippen LogP contribution in [0, 0.1) is 5.41 Å². The van der Waals surface area contributed by atoms with Gasteiger partial charge in [0.05, 0.1) is 0 Å². The second kappa shape index (κ2) is 3.08. The quantitative estimate of drug-likeness (QED) is 0.789. The SMILES string of the molecule is CC1(C2(NCc3ccccc3)CC2)CC1. The first-order valence-corrected chi connectivity index (χ1v) is 6.03. The third-order valence-electron chi connectivity index (χ3n) is 4.38. The highest BCUT2D eigenvalue weighted by Crippen LogP contribution is 2.63. The van der Waals surface area contributed by atoms with Gasteiger partial charge in [-0.1, -0.05) is 37.3 Å². The zero-order valence-corrected chi connectivity index (χ0v) is 9.42. The number of hydrogen-bond acceptors (Lipinski definition) is 1. The Balaban J connectivity index is 1.63. The molecule has 2 saturated carbocycles. The van der Waals surface area contributed by atoms with Crippen molar-refractivity contribution in [3.63, 3.8) is 0 Å². The van der Waals surface area contributed by atoms with E-state index in [9.17, 15) is 0 Å². The Labute approximate surface area is 91.9 Å². The van der Waals surface area contributed by atoms with Crippen LogP contribution in [0.25, 0.3) is 0 Å². The Kier molecular flexibility index (Phi) is 1.93. The van der Waals surface area contributed by atoms with Gasteiger partial charge in [0.1, 0.15) is 0 Å². The van der Waals surface area contributed by atoms with Crippen molar-refractivity contribution in [3.8, 4) is 0 Å². The first kappa shape index (κ1) is 9.41. The van der Waals surface area contributed by atoms with Gasteiger partial charge in [-0.15, -0.1) is 0 Å². The molecule has 1 aromatic carbocycles. The second-order valence-corrected chi connectivity index (χ2v) is 5.48. The molecular weight excluding hydrogens is 182 g/mol. The molecule has 1 heteroatoms. The Bertz CT molecular complexity index is 347. The van der Waals surface area contributed by atoms with Crippen molar-refractivity contribution in [1.29, 1.82) is 0 Å². The van der Waals surface area contributed by atoms with Gasteiger partial charge in [-0.25, -0.2) is 0 Å². The lowest BCUT2D eigenvalue weighted by molar-refractivity contribution is 0.332. The van der Waals surface area contributed by atoms with E-state index >= 15 is 0 Å². The highest BCUT2D eigenvalue weighted by Gasteiger charge is 2.61. The molecule has 0 unspecified atom stereocenters. The van der Waals surface area contributed by atoms with Crippen LogP contribution in [0.2, 0.25) is 0 Å². The summed E-state index contributed by atoms with van der Waals surface area (Å²) in [5.41, 5.74) is 2.54. The van der Waals surface area contributed by atoms with Crippen LogP contribution in [0.3, 0.4) is 0 Å². The summed E-state index contributed by atoms with van der Waals surface area (Å²) in [5.74, 6) is 0. The van der Waals surface area contributed by atoms with E-state index in [0.29, 0.717) is 11.0 Å². The molecule has 1 nitrogen and oxygen atoms in total. The second-order valence-electron chi connectivity index (χ2n) is 5.48. The molecule has 0 atom stereocenters.